The third-order valence-corrected chi connectivity index (χ3v) is 7.14. The van der Waals surface area contributed by atoms with Gasteiger partial charge in [0.15, 0.2) is 40.1 Å². The van der Waals surface area contributed by atoms with Gasteiger partial charge in [-0.1, -0.05) is 11.6 Å². The normalized spacial score (nSPS) is 13.3. The van der Waals surface area contributed by atoms with E-state index in [1.54, 1.807) is 0 Å². The average Bonchev–Trinajstić information content (AvgIpc) is 3.36. The zero-order valence-corrected chi connectivity index (χ0v) is 27.7. The number of nitrogens with one attached hydrogen (secondary N) is 3. The number of aryl methyl sites for hydroxylation is 2. The molecule has 51 heavy (non-hydrogen) atoms. The molecule has 282 valence electrons. The molecule has 0 bridgehead atoms. The van der Waals surface area contributed by atoms with Crippen molar-refractivity contribution in [2.24, 2.45) is 0 Å². The molecule has 0 radical (unpaired) electrons. The highest BCUT2D eigenvalue weighted by atomic mass is 35.5. The van der Waals surface area contributed by atoms with E-state index in [1.165, 1.54) is 0 Å². The minimum Gasteiger partial charge on any atom is -0.542 e. The van der Waals surface area contributed by atoms with Gasteiger partial charge >= 0.3 is 18.3 Å². The molecule has 1 saturated heterocycles. The van der Waals surface area contributed by atoms with Crippen LogP contribution in [0.15, 0.2) is 18.2 Å². The molecule has 0 aliphatic carbocycles. The standard InChI is InChI=1S/C24H32ClN9O3.2C2HF3O2/c1-3-33-16-6-5-15(37-13-18(35)30-14-7-9-28-10-8-14)11-17(16)34(4-2)19(33)12-29-24(36)20-22(26)32-23(27)21(25)31-20;2*3-2(4,5)1(6)7/h5-6,11,14,28H,3-4,7-10,12-13H2,1-2H3,(H5-,26,27,29,30,32,35,36);2*(H,6,7). The minimum absolute atomic E-state index is 0.0348. The predicted molar refractivity (Wildman–Crippen MR) is 165 cm³/mol. The second kappa shape index (κ2) is 18.2. The second-order valence-corrected chi connectivity index (χ2v) is 10.7. The van der Waals surface area contributed by atoms with E-state index >= 15 is 0 Å². The monoisotopic (exact) mass is 757 g/mol. The van der Waals surface area contributed by atoms with Crippen LogP contribution < -0.4 is 41.8 Å². The molecule has 2 amide bonds. The number of carbonyl (C=O) groups is 4. The molecule has 8 N–H and O–H groups in total. The molecule has 3 heterocycles. The fourth-order valence-electron chi connectivity index (χ4n) is 4.59. The van der Waals surface area contributed by atoms with E-state index in [1.807, 2.05) is 32.0 Å². The summed E-state index contributed by atoms with van der Waals surface area (Å²) in [5.74, 6) is -5.06. The number of nitrogens with two attached hydrogens (primary N) is 2. The number of carboxylic acids is 2. The first-order chi connectivity index (χ1) is 23.7. The number of ether oxygens (including phenoxy) is 1. The Kier molecular flexibility index (Phi) is 15.0. The number of piperidine rings is 1. The fourth-order valence-corrected chi connectivity index (χ4v) is 4.72. The molecule has 1 fully saturated rings. The number of imidazole rings is 1. The summed E-state index contributed by atoms with van der Waals surface area (Å²) in [4.78, 5) is 50.7. The number of halogens is 7. The van der Waals surface area contributed by atoms with E-state index in [4.69, 9.17) is 47.6 Å². The number of carbonyl (C=O) groups excluding carboxylic acids is 3. The van der Waals surface area contributed by atoms with Gasteiger partial charge in [-0.2, -0.15) is 26.3 Å². The number of anilines is 2. The Labute approximate surface area is 290 Å². The maximum absolute atomic E-state index is 12.8. The summed E-state index contributed by atoms with van der Waals surface area (Å²) in [6.45, 7) is 7.37. The number of hydrogen-bond acceptors (Lipinski definition) is 11. The highest BCUT2D eigenvalue weighted by Gasteiger charge is 2.38. The molecule has 23 heteroatoms. The molecule has 0 saturated carbocycles. The van der Waals surface area contributed by atoms with E-state index < -0.39 is 30.2 Å². The topological polar surface area (TPSA) is 244 Å². The number of aromatic nitrogens is 4. The lowest BCUT2D eigenvalue weighted by Crippen LogP contribution is -2.44. The number of hydrogen-bond donors (Lipinski definition) is 6. The van der Waals surface area contributed by atoms with Crippen LogP contribution in [0.2, 0.25) is 5.15 Å². The van der Waals surface area contributed by atoms with Gasteiger partial charge in [-0.25, -0.2) is 23.9 Å². The minimum atomic E-state index is -5.19. The lowest BCUT2D eigenvalue weighted by Gasteiger charge is -2.23. The van der Waals surface area contributed by atoms with Crippen LogP contribution >= 0.6 is 11.6 Å². The van der Waals surface area contributed by atoms with Crippen molar-refractivity contribution in [3.63, 3.8) is 0 Å². The zero-order valence-electron chi connectivity index (χ0n) is 27.0. The average molecular weight is 758 g/mol. The molecular formula is C28H34ClF6N9O7. The van der Waals surface area contributed by atoms with Gasteiger partial charge in [-0.05, 0) is 51.9 Å². The second-order valence-electron chi connectivity index (χ2n) is 10.3. The van der Waals surface area contributed by atoms with Crippen molar-refractivity contribution in [2.75, 3.05) is 31.2 Å². The van der Waals surface area contributed by atoms with E-state index in [-0.39, 0.29) is 47.6 Å². The van der Waals surface area contributed by atoms with Crippen LogP contribution in [0.3, 0.4) is 0 Å². The summed E-state index contributed by atoms with van der Waals surface area (Å²) in [5, 5.41) is 25.0. The highest BCUT2D eigenvalue weighted by molar-refractivity contribution is 6.31. The number of benzene rings is 1. The number of rotatable bonds is 9. The fraction of sp³-hybridized carbons (Fsp3) is 0.464. The Morgan fingerprint density at radius 1 is 1.08 bits per heavy atom. The van der Waals surface area contributed by atoms with Gasteiger partial charge in [-0.3, -0.25) is 9.59 Å². The summed E-state index contributed by atoms with van der Waals surface area (Å²) in [6, 6.07) is 5.90. The molecule has 16 nitrogen and oxygen atoms in total. The smallest absolute Gasteiger partial charge is 0.490 e. The number of fused-ring (bicyclic) bond motifs is 1. The number of carboxylic acid groups (broad SMARTS) is 2. The quantitative estimate of drug-likeness (QED) is 0.130. The van der Waals surface area contributed by atoms with Crippen LogP contribution in [-0.2, 0) is 34.0 Å². The van der Waals surface area contributed by atoms with Gasteiger partial charge in [-0.15, -0.1) is 0 Å². The van der Waals surface area contributed by atoms with Gasteiger partial charge in [0.05, 0.1) is 13.1 Å². The van der Waals surface area contributed by atoms with Crippen LogP contribution in [-0.4, -0.2) is 81.5 Å². The zero-order chi connectivity index (χ0) is 38.7. The summed E-state index contributed by atoms with van der Waals surface area (Å²) in [5.41, 5.74) is 13.3. The number of nitrogen functional groups attached to an aromatic ring is 2. The molecule has 0 atom stereocenters. The van der Waals surface area contributed by atoms with E-state index in [0.717, 1.165) is 42.8 Å². The first kappa shape index (κ1) is 42.0. The van der Waals surface area contributed by atoms with Crippen molar-refractivity contribution in [1.82, 2.24) is 30.5 Å². The van der Waals surface area contributed by atoms with Crippen molar-refractivity contribution in [3.8, 4) is 5.75 Å². The molecule has 2 aromatic heterocycles. The summed E-state index contributed by atoms with van der Waals surface area (Å²) in [7, 11) is 0. The molecule has 3 aromatic rings. The van der Waals surface area contributed by atoms with Crippen LogP contribution in [0.1, 0.15) is 43.0 Å². The molecule has 1 aliphatic rings. The SMILES string of the molecule is CCn1c(CNC(=O)c2nc(Cl)c(N)nc2N)[n+](CC)c2ccc(OCC(=O)NC3CCNCC3)cc21.O=C(O)C(F)(F)F.O=C([O-])C(F)(F)F. The first-order valence-corrected chi connectivity index (χ1v) is 15.2. The maximum atomic E-state index is 12.8. The van der Waals surface area contributed by atoms with Crippen molar-refractivity contribution in [1.29, 1.82) is 0 Å². The molecular weight excluding hydrogens is 724 g/mol. The Hall–Kier alpha value is -5.12. The van der Waals surface area contributed by atoms with Crippen LogP contribution in [0.5, 0.6) is 5.75 Å². The lowest BCUT2D eigenvalue weighted by atomic mass is 10.1. The van der Waals surface area contributed by atoms with Crippen LogP contribution in [0.4, 0.5) is 38.0 Å². The Balaban J connectivity index is 0.000000543. The third kappa shape index (κ3) is 12.3. The van der Waals surface area contributed by atoms with Crippen molar-refractivity contribution in [3.05, 3.63) is 34.9 Å². The largest absolute Gasteiger partial charge is 0.542 e. The highest BCUT2D eigenvalue weighted by Crippen LogP contribution is 2.22. The van der Waals surface area contributed by atoms with Gasteiger partial charge in [0.2, 0.25) is 0 Å². The Morgan fingerprint density at radius 3 is 2.18 bits per heavy atom. The number of amides is 2. The number of aliphatic carboxylic acids is 2. The molecule has 1 aromatic carbocycles. The number of alkyl halides is 6. The van der Waals surface area contributed by atoms with Crippen LogP contribution in [0, 0.1) is 0 Å². The molecule has 0 unspecified atom stereocenters. The van der Waals surface area contributed by atoms with Crippen LogP contribution in [0.25, 0.3) is 11.0 Å². The Bertz CT molecular complexity index is 1690. The Morgan fingerprint density at radius 2 is 1.67 bits per heavy atom. The van der Waals surface area contributed by atoms with Gasteiger partial charge in [0, 0.05) is 12.1 Å². The summed E-state index contributed by atoms with van der Waals surface area (Å²) >= 11 is 5.92. The summed E-state index contributed by atoms with van der Waals surface area (Å²) in [6.07, 6.45) is -8.44. The van der Waals surface area contributed by atoms with E-state index in [0.29, 0.717) is 18.8 Å². The lowest BCUT2D eigenvalue weighted by molar-refractivity contribution is -0.676. The predicted octanol–water partition coefficient (Wildman–Crippen LogP) is 0.685. The van der Waals surface area contributed by atoms with Crippen molar-refractivity contribution >= 4 is 58.0 Å². The number of nitrogens with zero attached hydrogens (tertiary/aromatic N) is 4. The summed E-state index contributed by atoms with van der Waals surface area (Å²) < 4.78 is 73.3. The van der Waals surface area contributed by atoms with Gasteiger partial charge in [0.1, 0.15) is 18.3 Å². The van der Waals surface area contributed by atoms with Gasteiger partial charge < -0.3 is 47.2 Å². The third-order valence-electron chi connectivity index (χ3n) is 6.86. The first-order valence-electron chi connectivity index (χ1n) is 14.8. The molecule has 0 spiro atoms. The van der Waals surface area contributed by atoms with Gasteiger partial charge in [0.25, 0.3) is 17.6 Å². The maximum Gasteiger partial charge on any atom is 0.490 e. The molecule has 4 rings (SSSR count). The van der Waals surface area contributed by atoms with Crippen molar-refractivity contribution in [2.45, 2.75) is 64.7 Å². The molecule has 1 aliphatic heterocycles. The van der Waals surface area contributed by atoms with Crippen molar-refractivity contribution < 1.29 is 65.0 Å². The van der Waals surface area contributed by atoms with E-state index in [9.17, 15) is 35.9 Å². The van der Waals surface area contributed by atoms with E-state index in [2.05, 4.69) is 35.1 Å².